The number of sulfone groups is 1. The summed E-state index contributed by atoms with van der Waals surface area (Å²) in [7, 11) is -1.43. The van der Waals surface area contributed by atoms with Crippen molar-refractivity contribution in [1.29, 1.82) is 0 Å². The second-order valence-electron chi connectivity index (χ2n) is 9.21. The molecule has 1 aliphatic heterocycles. The molecule has 0 N–H and O–H groups in total. The summed E-state index contributed by atoms with van der Waals surface area (Å²) in [5.74, 6) is 1.47. The Morgan fingerprint density at radius 3 is 2.03 bits per heavy atom. The number of ether oxygens (including phenoxy) is 1. The molecule has 1 saturated carbocycles. The first-order chi connectivity index (χ1) is 15.0. The van der Waals surface area contributed by atoms with E-state index in [2.05, 4.69) is 23.1 Å². The fraction of sp³-hybridized carbons (Fsp3) is 0.538. The van der Waals surface area contributed by atoms with Gasteiger partial charge in [0, 0.05) is 12.3 Å². The predicted molar refractivity (Wildman–Crippen MR) is 127 cm³/mol. The standard InChI is InChI=1S/C26H35NO3S/c1-30-26-14-11-22(20-9-12-24(13-10-20)31(2,28)29)19-25(26)21-15-17-27(18-16-21)23-7-5-3-4-6-8-23/h9-14,19,21,23H,3-8,15-18H2,1-2H3. The van der Waals surface area contributed by atoms with Crippen LogP contribution in [0.5, 0.6) is 5.75 Å². The molecule has 31 heavy (non-hydrogen) atoms. The van der Waals surface area contributed by atoms with Crippen LogP contribution in [0, 0.1) is 0 Å². The van der Waals surface area contributed by atoms with Crippen LogP contribution in [0.15, 0.2) is 47.4 Å². The van der Waals surface area contributed by atoms with Gasteiger partial charge in [-0.25, -0.2) is 8.42 Å². The summed E-state index contributed by atoms with van der Waals surface area (Å²) < 4.78 is 29.2. The Labute approximate surface area is 187 Å². The highest BCUT2D eigenvalue weighted by atomic mass is 32.2. The molecule has 0 bridgehead atoms. The molecule has 4 nitrogen and oxygen atoms in total. The van der Waals surface area contributed by atoms with Gasteiger partial charge in [-0.15, -0.1) is 0 Å². The van der Waals surface area contributed by atoms with Gasteiger partial charge in [-0.1, -0.05) is 43.9 Å². The molecule has 0 aromatic heterocycles. The average Bonchev–Trinajstić information content (AvgIpc) is 3.08. The van der Waals surface area contributed by atoms with Crippen LogP contribution in [0.25, 0.3) is 11.1 Å². The van der Waals surface area contributed by atoms with Crippen molar-refractivity contribution >= 4 is 9.84 Å². The van der Waals surface area contributed by atoms with E-state index in [1.165, 1.54) is 76.3 Å². The number of likely N-dealkylation sites (tertiary alicyclic amines) is 1. The fourth-order valence-electron chi connectivity index (χ4n) is 5.33. The topological polar surface area (TPSA) is 46.6 Å². The highest BCUT2D eigenvalue weighted by molar-refractivity contribution is 7.90. The molecule has 2 aromatic carbocycles. The molecule has 2 aliphatic rings. The Kier molecular flexibility index (Phi) is 7.02. The molecular formula is C26H35NO3S. The van der Waals surface area contributed by atoms with Crippen LogP contribution in [0.1, 0.15) is 62.8 Å². The van der Waals surface area contributed by atoms with E-state index in [1.54, 1.807) is 19.2 Å². The van der Waals surface area contributed by atoms with E-state index in [1.807, 2.05) is 12.1 Å². The van der Waals surface area contributed by atoms with E-state index in [0.717, 1.165) is 22.9 Å². The van der Waals surface area contributed by atoms with Gasteiger partial charge < -0.3 is 9.64 Å². The second-order valence-corrected chi connectivity index (χ2v) is 11.2. The molecule has 4 rings (SSSR count). The molecule has 0 amide bonds. The number of nitrogens with zero attached hydrogens (tertiary/aromatic N) is 1. The Bertz CT molecular complexity index is 968. The Balaban J connectivity index is 1.50. The van der Waals surface area contributed by atoms with Gasteiger partial charge in [0.1, 0.15) is 5.75 Å². The molecule has 0 atom stereocenters. The van der Waals surface area contributed by atoms with E-state index in [0.29, 0.717) is 10.8 Å². The minimum atomic E-state index is -3.18. The smallest absolute Gasteiger partial charge is 0.175 e. The zero-order chi connectivity index (χ0) is 21.8. The lowest BCUT2D eigenvalue weighted by Gasteiger charge is -2.38. The summed E-state index contributed by atoms with van der Waals surface area (Å²) in [4.78, 5) is 3.10. The van der Waals surface area contributed by atoms with Crippen LogP contribution in [0.3, 0.4) is 0 Å². The maximum Gasteiger partial charge on any atom is 0.175 e. The molecule has 0 unspecified atom stereocenters. The van der Waals surface area contributed by atoms with E-state index >= 15 is 0 Å². The average molecular weight is 442 g/mol. The molecule has 2 fully saturated rings. The summed E-state index contributed by atoms with van der Waals surface area (Å²) in [5.41, 5.74) is 3.43. The zero-order valence-corrected chi connectivity index (χ0v) is 19.7. The highest BCUT2D eigenvalue weighted by Crippen LogP contribution is 2.38. The van der Waals surface area contributed by atoms with Crippen molar-refractivity contribution in [2.24, 2.45) is 0 Å². The Morgan fingerprint density at radius 2 is 1.45 bits per heavy atom. The summed E-state index contributed by atoms with van der Waals surface area (Å²) in [6.07, 6.45) is 11.9. The second kappa shape index (κ2) is 9.74. The normalized spacial score (nSPS) is 19.8. The van der Waals surface area contributed by atoms with E-state index < -0.39 is 9.84 Å². The van der Waals surface area contributed by atoms with Gasteiger partial charge in [0.05, 0.1) is 12.0 Å². The van der Waals surface area contributed by atoms with Crippen molar-refractivity contribution in [3.8, 4) is 16.9 Å². The molecule has 0 radical (unpaired) electrons. The van der Waals surface area contributed by atoms with Crippen molar-refractivity contribution in [2.45, 2.75) is 68.2 Å². The summed E-state index contributed by atoms with van der Waals surface area (Å²) in [6.45, 7) is 2.34. The van der Waals surface area contributed by atoms with Gasteiger partial charge in [0.25, 0.3) is 0 Å². The van der Waals surface area contributed by atoms with Crippen molar-refractivity contribution in [3.63, 3.8) is 0 Å². The molecule has 1 saturated heterocycles. The number of hydrogen-bond acceptors (Lipinski definition) is 4. The molecule has 2 aromatic rings. The van der Waals surface area contributed by atoms with Crippen LogP contribution in [0.4, 0.5) is 0 Å². The SMILES string of the molecule is COc1ccc(-c2ccc(S(C)(=O)=O)cc2)cc1C1CCN(C2CCCCCC2)CC1. The maximum absolute atomic E-state index is 11.8. The van der Waals surface area contributed by atoms with Crippen molar-refractivity contribution < 1.29 is 13.2 Å². The molecule has 1 heterocycles. The lowest BCUT2D eigenvalue weighted by Crippen LogP contribution is -2.40. The lowest BCUT2D eigenvalue weighted by molar-refractivity contribution is 0.138. The summed E-state index contributed by atoms with van der Waals surface area (Å²) in [6, 6.07) is 14.4. The summed E-state index contributed by atoms with van der Waals surface area (Å²) >= 11 is 0. The maximum atomic E-state index is 11.8. The molecule has 5 heteroatoms. The van der Waals surface area contributed by atoms with Crippen LogP contribution >= 0.6 is 0 Å². The predicted octanol–water partition coefficient (Wildman–Crippen LogP) is 5.67. The van der Waals surface area contributed by atoms with Gasteiger partial charge in [-0.3, -0.25) is 0 Å². The van der Waals surface area contributed by atoms with E-state index in [-0.39, 0.29) is 0 Å². The number of hydrogen-bond donors (Lipinski definition) is 0. The third-order valence-corrected chi connectivity index (χ3v) is 8.28. The van der Waals surface area contributed by atoms with Gasteiger partial charge in [0.2, 0.25) is 0 Å². The third kappa shape index (κ3) is 5.32. The molecular weight excluding hydrogens is 406 g/mol. The quantitative estimate of drug-likeness (QED) is 0.561. The largest absolute Gasteiger partial charge is 0.496 e. The first-order valence-corrected chi connectivity index (χ1v) is 13.6. The molecule has 168 valence electrons. The third-order valence-electron chi connectivity index (χ3n) is 7.16. The van der Waals surface area contributed by atoms with Crippen molar-refractivity contribution in [3.05, 3.63) is 48.0 Å². The van der Waals surface area contributed by atoms with Gasteiger partial charge in [-0.05, 0) is 85.6 Å². The fourth-order valence-corrected chi connectivity index (χ4v) is 5.96. The highest BCUT2D eigenvalue weighted by Gasteiger charge is 2.28. The van der Waals surface area contributed by atoms with E-state index in [9.17, 15) is 8.42 Å². The molecule has 1 aliphatic carbocycles. The molecule has 0 spiro atoms. The van der Waals surface area contributed by atoms with Crippen molar-refractivity contribution in [1.82, 2.24) is 4.90 Å². The number of piperidine rings is 1. The van der Waals surface area contributed by atoms with Crippen LogP contribution in [-0.4, -0.2) is 45.8 Å². The minimum Gasteiger partial charge on any atom is -0.496 e. The van der Waals surface area contributed by atoms with Crippen LogP contribution < -0.4 is 4.74 Å². The number of methoxy groups -OCH3 is 1. The lowest BCUT2D eigenvalue weighted by atomic mass is 9.86. The number of benzene rings is 2. The van der Waals surface area contributed by atoms with Gasteiger partial charge in [-0.2, -0.15) is 0 Å². The van der Waals surface area contributed by atoms with Gasteiger partial charge >= 0.3 is 0 Å². The van der Waals surface area contributed by atoms with Crippen LogP contribution in [0.2, 0.25) is 0 Å². The monoisotopic (exact) mass is 441 g/mol. The Hall–Kier alpha value is -1.85. The Morgan fingerprint density at radius 1 is 0.839 bits per heavy atom. The first kappa shape index (κ1) is 22.3. The zero-order valence-electron chi connectivity index (χ0n) is 18.8. The number of rotatable bonds is 5. The van der Waals surface area contributed by atoms with E-state index in [4.69, 9.17) is 4.74 Å². The minimum absolute atomic E-state index is 0.357. The first-order valence-electron chi connectivity index (χ1n) is 11.7. The van der Waals surface area contributed by atoms with Crippen LogP contribution in [-0.2, 0) is 9.84 Å². The summed E-state index contributed by atoms with van der Waals surface area (Å²) in [5, 5.41) is 0. The van der Waals surface area contributed by atoms with Crippen molar-refractivity contribution in [2.75, 3.05) is 26.5 Å². The van der Waals surface area contributed by atoms with Gasteiger partial charge in [0.15, 0.2) is 9.84 Å².